The summed E-state index contributed by atoms with van der Waals surface area (Å²) in [6, 6.07) is 7.61. The van der Waals surface area contributed by atoms with Crippen LogP contribution in [0.2, 0.25) is 0 Å². The molecular weight excluding hydrogens is 330 g/mol. The molecule has 2 fully saturated rings. The van der Waals surface area contributed by atoms with Crippen molar-refractivity contribution in [3.05, 3.63) is 40.4 Å². The number of para-hydroxylation sites is 1. The number of aromatic nitrogens is 2. The van der Waals surface area contributed by atoms with Gasteiger partial charge in [0.15, 0.2) is 6.29 Å². The molecule has 2 saturated heterocycles. The normalized spacial score (nSPS) is 20.2. The van der Waals surface area contributed by atoms with E-state index in [4.69, 9.17) is 9.47 Å². The fourth-order valence-corrected chi connectivity index (χ4v) is 4.01. The SMILES string of the molecule is Cc1nc2ccccc2c(=O)n1CC1CCN(CCC2OCCO2)CC1. The first kappa shape index (κ1) is 17.6. The molecule has 6 nitrogen and oxygen atoms in total. The van der Waals surface area contributed by atoms with Crippen LogP contribution >= 0.6 is 0 Å². The molecule has 1 aromatic carbocycles. The number of fused-ring (bicyclic) bond motifs is 1. The third-order valence-corrected chi connectivity index (χ3v) is 5.57. The Labute approximate surface area is 153 Å². The van der Waals surface area contributed by atoms with E-state index in [1.54, 1.807) is 0 Å². The average Bonchev–Trinajstić information content (AvgIpc) is 3.18. The van der Waals surface area contributed by atoms with Gasteiger partial charge in [0.25, 0.3) is 5.56 Å². The van der Waals surface area contributed by atoms with Crippen LogP contribution in [0.3, 0.4) is 0 Å². The highest BCUT2D eigenvalue weighted by atomic mass is 16.7. The van der Waals surface area contributed by atoms with Crippen molar-refractivity contribution in [2.45, 2.75) is 39.0 Å². The van der Waals surface area contributed by atoms with Gasteiger partial charge in [0.1, 0.15) is 5.82 Å². The molecule has 0 aliphatic carbocycles. The second kappa shape index (κ2) is 7.86. The molecule has 140 valence electrons. The third-order valence-electron chi connectivity index (χ3n) is 5.57. The standard InChI is InChI=1S/C20H27N3O3/c1-15-21-18-5-3-2-4-17(18)20(24)23(15)14-16-6-9-22(10-7-16)11-8-19-25-12-13-26-19/h2-5,16,19H,6-14H2,1H3. The van der Waals surface area contributed by atoms with Crippen LogP contribution in [-0.2, 0) is 16.0 Å². The number of nitrogens with zero attached hydrogens (tertiary/aromatic N) is 3. The van der Waals surface area contributed by atoms with Gasteiger partial charge in [-0.15, -0.1) is 0 Å². The molecule has 4 rings (SSSR count). The van der Waals surface area contributed by atoms with Gasteiger partial charge in [-0.1, -0.05) is 12.1 Å². The van der Waals surface area contributed by atoms with Crippen LogP contribution in [0.5, 0.6) is 0 Å². The summed E-state index contributed by atoms with van der Waals surface area (Å²) in [5, 5.41) is 0.715. The van der Waals surface area contributed by atoms with Crippen molar-refractivity contribution in [2.75, 3.05) is 32.8 Å². The molecule has 0 spiro atoms. The lowest BCUT2D eigenvalue weighted by atomic mass is 9.96. The van der Waals surface area contributed by atoms with E-state index in [-0.39, 0.29) is 11.8 Å². The molecule has 6 heteroatoms. The Morgan fingerprint density at radius 1 is 1.15 bits per heavy atom. The zero-order chi connectivity index (χ0) is 17.9. The van der Waals surface area contributed by atoms with E-state index in [0.717, 1.165) is 70.0 Å². The quantitative estimate of drug-likeness (QED) is 0.821. The Bertz CT molecular complexity index is 806. The maximum absolute atomic E-state index is 12.8. The van der Waals surface area contributed by atoms with Crippen molar-refractivity contribution in [1.29, 1.82) is 0 Å². The number of piperidine rings is 1. The number of ether oxygens (including phenoxy) is 2. The fraction of sp³-hybridized carbons (Fsp3) is 0.600. The Kier molecular flexibility index (Phi) is 5.33. The Morgan fingerprint density at radius 3 is 2.65 bits per heavy atom. The Morgan fingerprint density at radius 2 is 1.88 bits per heavy atom. The number of hydrogen-bond acceptors (Lipinski definition) is 5. The molecule has 0 amide bonds. The first-order valence-electron chi connectivity index (χ1n) is 9.62. The third kappa shape index (κ3) is 3.82. The van der Waals surface area contributed by atoms with Crippen molar-refractivity contribution < 1.29 is 9.47 Å². The molecule has 0 bridgehead atoms. The van der Waals surface area contributed by atoms with E-state index >= 15 is 0 Å². The minimum atomic E-state index is -0.0161. The zero-order valence-corrected chi connectivity index (χ0v) is 15.4. The van der Waals surface area contributed by atoms with Crippen LogP contribution in [0.1, 0.15) is 25.1 Å². The minimum absolute atomic E-state index is 0.0161. The molecule has 0 radical (unpaired) electrons. The highest BCUT2D eigenvalue weighted by Gasteiger charge is 2.23. The molecule has 2 aliphatic rings. The lowest BCUT2D eigenvalue weighted by molar-refractivity contribution is -0.0528. The van der Waals surface area contributed by atoms with Gasteiger partial charge in [-0.25, -0.2) is 4.98 Å². The van der Waals surface area contributed by atoms with Crippen LogP contribution < -0.4 is 5.56 Å². The fourth-order valence-electron chi connectivity index (χ4n) is 4.01. The van der Waals surface area contributed by atoms with Crippen LogP contribution in [0.15, 0.2) is 29.1 Å². The molecule has 0 saturated carbocycles. The summed E-state index contributed by atoms with van der Waals surface area (Å²) in [6.45, 7) is 7.32. The van der Waals surface area contributed by atoms with Crippen molar-refractivity contribution in [2.24, 2.45) is 5.92 Å². The van der Waals surface area contributed by atoms with Crippen LogP contribution in [0.4, 0.5) is 0 Å². The van der Waals surface area contributed by atoms with E-state index < -0.39 is 0 Å². The molecule has 26 heavy (non-hydrogen) atoms. The smallest absolute Gasteiger partial charge is 0.261 e. The van der Waals surface area contributed by atoms with E-state index in [2.05, 4.69) is 9.88 Å². The van der Waals surface area contributed by atoms with Gasteiger partial charge in [-0.05, 0) is 50.9 Å². The summed E-state index contributed by atoms with van der Waals surface area (Å²) in [5.41, 5.74) is 0.878. The lowest BCUT2D eigenvalue weighted by Crippen LogP contribution is -2.38. The van der Waals surface area contributed by atoms with Gasteiger partial charge in [0.05, 0.1) is 24.1 Å². The Balaban J connectivity index is 1.35. The molecule has 2 aromatic rings. The monoisotopic (exact) mass is 357 g/mol. The molecule has 2 aliphatic heterocycles. The topological polar surface area (TPSA) is 56.6 Å². The highest BCUT2D eigenvalue weighted by molar-refractivity contribution is 5.77. The number of rotatable bonds is 5. The van der Waals surface area contributed by atoms with Crippen molar-refractivity contribution in [3.8, 4) is 0 Å². The van der Waals surface area contributed by atoms with E-state index in [1.807, 2.05) is 35.8 Å². The maximum atomic E-state index is 12.8. The second-order valence-electron chi connectivity index (χ2n) is 7.34. The average molecular weight is 357 g/mol. The van der Waals surface area contributed by atoms with Gasteiger partial charge >= 0.3 is 0 Å². The Hall–Kier alpha value is -1.76. The minimum Gasteiger partial charge on any atom is -0.350 e. The van der Waals surface area contributed by atoms with E-state index in [1.165, 1.54) is 0 Å². The molecule has 3 heterocycles. The number of aryl methyl sites for hydroxylation is 1. The predicted octanol–water partition coefficient (Wildman–Crippen LogP) is 2.18. The maximum Gasteiger partial charge on any atom is 0.261 e. The van der Waals surface area contributed by atoms with Gasteiger partial charge < -0.3 is 14.4 Å². The van der Waals surface area contributed by atoms with E-state index in [9.17, 15) is 4.79 Å². The molecule has 0 N–H and O–H groups in total. The lowest BCUT2D eigenvalue weighted by Gasteiger charge is -2.32. The summed E-state index contributed by atoms with van der Waals surface area (Å²) >= 11 is 0. The van der Waals surface area contributed by atoms with Crippen LogP contribution in [0, 0.1) is 12.8 Å². The largest absolute Gasteiger partial charge is 0.350 e. The summed E-state index contributed by atoms with van der Waals surface area (Å²) in [5.74, 6) is 1.34. The van der Waals surface area contributed by atoms with Gasteiger partial charge in [-0.3, -0.25) is 9.36 Å². The highest BCUT2D eigenvalue weighted by Crippen LogP contribution is 2.20. The first-order chi connectivity index (χ1) is 12.7. The zero-order valence-electron chi connectivity index (χ0n) is 15.4. The van der Waals surface area contributed by atoms with Crippen LogP contribution in [0.25, 0.3) is 10.9 Å². The number of likely N-dealkylation sites (tertiary alicyclic amines) is 1. The summed E-state index contributed by atoms with van der Waals surface area (Å²) in [7, 11) is 0. The van der Waals surface area contributed by atoms with Gasteiger partial charge in [-0.2, -0.15) is 0 Å². The number of benzene rings is 1. The molecule has 1 aromatic heterocycles. The summed E-state index contributed by atoms with van der Waals surface area (Å²) < 4.78 is 12.9. The van der Waals surface area contributed by atoms with Gasteiger partial charge in [0.2, 0.25) is 0 Å². The summed E-state index contributed by atoms with van der Waals surface area (Å²) in [6.07, 6.45) is 3.16. The summed E-state index contributed by atoms with van der Waals surface area (Å²) in [4.78, 5) is 19.9. The molecule has 0 atom stereocenters. The first-order valence-corrected chi connectivity index (χ1v) is 9.62. The van der Waals surface area contributed by atoms with Crippen molar-refractivity contribution in [1.82, 2.24) is 14.5 Å². The molecular formula is C20H27N3O3. The van der Waals surface area contributed by atoms with Crippen molar-refractivity contribution >= 4 is 10.9 Å². The van der Waals surface area contributed by atoms with E-state index in [0.29, 0.717) is 11.3 Å². The number of hydrogen-bond donors (Lipinski definition) is 0. The second-order valence-corrected chi connectivity index (χ2v) is 7.34. The van der Waals surface area contributed by atoms with Crippen LogP contribution in [-0.4, -0.2) is 53.6 Å². The predicted molar refractivity (Wildman–Crippen MR) is 100 cm³/mol. The van der Waals surface area contributed by atoms with Crippen molar-refractivity contribution in [3.63, 3.8) is 0 Å². The van der Waals surface area contributed by atoms with Gasteiger partial charge in [0, 0.05) is 19.5 Å². The molecule has 0 unspecified atom stereocenters.